The van der Waals surface area contributed by atoms with Gasteiger partial charge in [-0.3, -0.25) is 9.59 Å². The first-order chi connectivity index (χ1) is 7.18. The van der Waals surface area contributed by atoms with Crippen LogP contribution in [0.1, 0.15) is 39.0 Å². The summed E-state index contributed by atoms with van der Waals surface area (Å²) >= 11 is 0. The third kappa shape index (κ3) is 1.73. The van der Waals surface area contributed by atoms with Gasteiger partial charge in [0.05, 0.1) is 0 Å². The topological polar surface area (TPSA) is 49.4 Å². The molecule has 1 N–H and O–H groups in total. The summed E-state index contributed by atoms with van der Waals surface area (Å²) in [5.41, 5.74) is -0.552. The smallest absolute Gasteiger partial charge is 0.248 e. The van der Waals surface area contributed by atoms with E-state index in [1.165, 1.54) is 0 Å². The molecule has 2 aliphatic rings. The molecule has 0 aromatic rings. The predicted molar refractivity (Wildman–Crippen MR) is 56.2 cm³/mol. The van der Waals surface area contributed by atoms with Gasteiger partial charge in [0, 0.05) is 19.5 Å². The third-order valence-electron chi connectivity index (χ3n) is 3.52. The summed E-state index contributed by atoms with van der Waals surface area (Å²) in [5.74, 6) is 0.162. The van der Waals surface area contributed by atoms with Gasteiger partial charge in [-0.1, -0.05) is 12.8 Å². The summed E-state index contributed by atoms with van der Waals surface area (Å²) in [4.78, 5) is 25.6. The van der Waals surface area contributed by atoms with Crippen molar-refractivity contribution in [3.8, 4) is 0 Å². The zero-order chi connectivity index (χ0) is 10.9. The predicted octanol–water partition coefficient (Wildman–Crippen LogP) is 0.668. The van der Waals surface area contributed by atoms with E-state index in [1.54, 1.807) is 0 Å². The summed E-state index contributed by atoms with van der Waals surface area (Å²) in [6, 6.07) is 0. The Morgan fingerprint density at radius 3 is 2.60 bits per heavy atom. The van der Waals surface area contributed by atoms with Gasteiger partial charge in [-0.15, -0.1) is 0 Å². The molecule has 4 heteroatoms. The van der Waals surface area contributed by atoms with Crippen molar-refractivity contribution < 1.29 is 9.59 Å². The number of carbonyl (C=O) groups excluding carboxylic acids is 2. The molecule has 2 fully saturated rings. The second-order valence-electron chi connectivity index (χ2n) is 4.47. The molecule has 1 spiro atoms. The zero-order valence-corrected chi connectivity index (χ0v) is 9.21. The van der Waals surface area contributed by atoms with Gasteiger partial charge in [0.2, 0.25) is 11.8 Å². The molecule has 2 rings (SSSR count). The number of likely N-dealkylation sites (N-methyl/N-ethyl adjacent to an activating group) is 1. The second-order valence-corrected chi connectivity index (χ2v) is 4.47. The Kier molecular flexibility index (Phi) is 2.67. The second kappa shape index (κ2) is 3.83. The fourth-order valence-corrected chi connectivity index (χ4v) is 2.64. The van der Waals surface area contributed by atoms with Crippen LogP contribution in [0, 0.1) is 0 Å². The molecule has 0 radical (unpaired) electrons. The van der Waals surface area contributed by atoms with E-state index in [1.807, 2.05) is 11.8 Å². The molecule has 1 saturated heterocycles. The van der Waals surface area contributed by atoms with Gasteiger partial charge in [0.15, 0.2) is 0 Å². The van der Waals surface area contributed by atoms with Gasteiger partial charge < -0.3 is 10.2 Å². The van der Waals surface area contributed by atoms with Crippen molar-refractivity contribution in [2.45, 2.75) is 44.6 Å². The summed E-state index contributed by atoms with van der Waals surface area (Å²) in [5, 5.41) is 2.94. The van der Waals surface area contributed by atoms with Crippen LogP contribution in [0.15, 0.2) is 0 Å². The number of hydrogen-bond acceptors (Lipinski definition) is 2. The van der Waals surface area contributed by atoms with E-state index >= 15 is 0 Å². The summed E-state index contributed by atoms with van der Waals surface area (Å²) < 4.78 is 0. The van der Waals surface area contributed by atoms with Crippen LogP contribution < -0.4 is 5.32 Å². The van der Waals surface area contributed by atoms with Crippen molar-refractivity contribution >= 4 is 11.8 Å². The van der Waals surface area contributed by atoms with Crippen LogP contribution in [0.25, 0.3) is 0 Å². The van der Waals surface area contributed by atoms with Gasteiger partial charge in [0.1, 0.15) is 5.54 Å². The highest BCUT2D eigenvalue weighted by molar-refractivity contribution is 5.93. The molecular formula is C11H18N2O2. The van der Waals surface area contributed by atoms with Crippen molar-refractivity contribution in [1.82, 2.24) is 10.2 Å². The van der Waals surface area contributed by atoms with Crippen LogP contribution in [-0.2, 0) is 9.59 Å². The number of amides is 2. The Balaban J connectivity index is 2.25. The van der Waals surface area contributed by atoms with Gasteiger partial charge >= 0.3 is 0 Å². The van der Waals surface area contributed by atoms with Crippen LogP contribution >= 0.6 is 0 Å². The first-order valence-corrected chi connectivity index (χ1v) is 5.78. The lowest BCUT2D eigenvalue weighted by molar-refractivity contribution is -0.138. The maximum Gasteiger partial charge on any atom is 0.248 e. The van der Waals surface area contributed by atoms with Crippen LogP contribution in [-0.4, -0.2) is 35.3 Å². The molecule has 1 saturated carbocycles. The first kappa shape index (κ1) is 10.5. The molecule has 1 heterocycles. The largest absolute Gasteiger partial charge is 0.342 e. The molecule has 15 heavy (non-hydrogen) atoms. The minimum atomic E-state index is -0.552. The Hall–Kier alpha value is -1.06. The highest BCUT2D eigenvalue weighted by atomic mass is 16.2. The van der Waals surface area contributed by atoms with Gasteiger partial charge in [0.25, 0.3) is 0 Å². The van der Waals surface area contributed by atoms with E-state index in [-0.39, 0.29) is 11.8 Å². The number of hydrogen-bond donors (Lipinski definition) is 1. The van der Waals surface area contributed by atoms with E-state index in [2.05, 4.69) is 5.32 Å². The Morgan fingerprint density at radius 2 is 2.00 bits per heavy atom. The SMILES string of the molecule is CCN1CCC(=O)NC2(CCCC2)C1=O. The standard InChI is InChI=1S/C11H18N2O2/c1-2-13-8-5-9(14)12-11(10(13)15)6-3-4-7-11/h2-8H2,1H3,(H,12,14). The molecule has 0 bridgehead atoms. The van der Waals surface area contributed by atoms with E-state index in [4.69, 9.17) is 0 Å². The lowest BCUT2D eigenvalue weighted by atomic mass is 9.96. The molecule has 0 unspecified atom stereocenters. The molecule has 84 valence electrons. The lowest BCUT2D eigenvalue weighted by Crippen LogP contribution is -2.55. The van der Waals surface area contributed by atoms with Crippen molar-refractivity contribution in [3.05, 3.63) is 0 Å². The normalized spacial score (nSPS) is 25.5. The van der Waals surface area contributed by atoms with E-state index in [0.29, 0.717) is 19.5 Å². The number of nitrogens with zero attached hydrogens (tertiary/aromatic N) is 1. The zero-order valence-electron chi connectivity index (χ0n) is 9.21. The number of rotatable bonds is 1. The van der Waals surface area contributed by atoms with Crippen molar-refractivity contribution in [2.75, 3.05) is 13.1 Å². The van der Waals surface area contributed by atoms with Crippen LogP contribution in [0.2, 0.25) is 0 Å². The van der Waals surface area contributed by atoms with Crippen LogP contribution in [0.3, 0.4) is 0 Å². The fraction of sp³-hybridized carbons (Fsp3) is 0.818. The molecule has 2 amide bonds. The molecule has 1 aliphatic carbocycles. The van der Waals surface area contributed by atoms with Gasteiger partial charge in [-0.2, -0.15) is 0 Å². The first-order valence-electron chi connectivity index (χ1n) is 5.78. The maximum absolute atomic E-state index is 12.3. The Bertz CT molecular complexity index is 282. The molecule has 0 atom stereocenters. The van der Waals surface area contributed by atoms with E-state index < -0.39 is 5.54 Å². The van der Waals surface area contributed by atoms with E-state index in [9.17, 15) is 9.59 Å². The highest BCUT2D eigenvalue weighted by Crippen LogP contribution is 2.32. The monoisotopic (exact) mass is 210 g/mol. The van der Waals surface area contributed by atoms with Gasteiger partial charge in [-0.25, -0.2) is 0 Å². The molecule has 1 aliphatic heterocycles. The minimum absolute atomic E-state index is 0.0289. The molecule has 0 aromatic carbocycles. The number of nitrogens with one attached hydrogen (secondary N) is 1. The summed E-state index contributed by atoms with van der Waals surface area (Å²) in [7, 11) is 0. The van der Waals surface area contributed by atoms with Crippen LogP contribution in [0.4, 0.5) is 0 Å². The van der Waals surface area contributed by atoms with Crippen molar-refractivity contribution in [3.63, 3.8) is 0 Å². The summed E-state index contributed by atoms with van der Waals surface area (Å²) in [6.07, 6.45) is 4.16. The average molecular weight is 210 g/mol. The summed E-state index contributed by atoms with van der Waals surface area (Å²) in [6.45, 7) is 3.24. The number of carbonyl (C=O) groups is 2. The molecule has 4 nitrogen and oxygen atoms in total. The maximum atomic E-state index is 12.3. The van der Waals surface area contributed by atoms with Gasteiger partial charge in [-0.05, 0) is 19.8 Å². The Morgan fingerprint density at radius 1 is 1.33 bits per heavy atom. The fourth-order valence-electron chi connectivity index (χ4n) is 2.64. The minimum Gasteiger partial charge on any atom is -0.342 e. The van der Waals surface area contributed by atoms with Crippen molar-refractivity contribution in [2.24, 2.45) is 0 Å². The Labute approximate surface area is 90.0 Å². The average Bonchev–Trinajstić information content (AvgIpc) is 2.63. The molecular weight excluding hydrogens is 192 g/mol. The van der Waals surface area contributed by atoms with E-state index in [0.717, 1.165) is 25.7 Å². The highest BCUT2D eigenvalue weighted by Gasteiger charge is 2.45. The lowest BCUT2D eigenvalue weighted by Gasteiger charge is -2.31. The quantitative estimate of drug-likeness (QED) is 0.691. The third-order valence-corrected chi connectivity index (χ3v) is 3.52. The van der Waals surface area contributed by atoms with Crippen molar-refractivity contribution in [1.29, 1.82) is 0 Å². The van der Waals surface area contributed by atoms with Crippen LogP contribution in [0.5, 0.6) is 0 Å². The molecule has 0 aromatic heterocycles.